The molecule has 0 aromatic carbocycles. The van der Waals surface area contributed by atoms with E-state index in [1.165, 1.54) is 6.20 Å². The summed E-state index contributed by atoms with van der Waals surface area (Å²) in [6.07, 6.45) is -3.59. The molecule has 1 aromatic heterocycles. The van der Waals surface area contributed by atoms with Gasteiger partial charge in [0.15, 0.2) is 0 Å². The van der Waals surface area contributed by atoms with Crippen molar-refractivity contribution in [2.45, 2.75) is 37.3 Å². The summed E-state index contributed by atoms with van der Waals surface area (Å²) in [5.41, 5.74) is -0.584. The molecule has 2 saturated heterocycles. The first-order valence-electron chi connectivity index (χ1n) is 8.78. The maximum atomic E-state index is 13.3. The highest BCUT2D eigenvalue weighted by Crippen LogP contribution is 2.37. The lowest BCUT2D eigenvalue weighted by Crippen LogP contribution is -2.56. The van der Waals surface area contributed by atoms with Crippen molar-refractivity contribution < 1.29 is 28.5 Å². The normalized spacial score (nSPS) is 31.2. The molecule has 2 fully saturated rings. The third-order valence-corrected chi connectivity index (χ3v) is 5.16. The lowest BCUT2D eigenvalue weighted by Gasteiger charge is -2.41. The largest absolute Gasteiger partial charge is 0.418 e. The number of β-amino-alcohol motifs (C(OH)–C–C–N with tert-alkyl or cyclic N) is 2. The molecule has 0 aliphatic carbocycles. The monoisotopic (exact) mass is 375 g/mol. The van der Waals surface area contributed by atoms with Gasteiger partial charge in [-0.1, -0.05) is 0 Å². The Bertz CT molecular complexity index is 604. The molecule has 3 N–H and O–H groups in total. The second-order valence-electron chi connectivity index (χ2n) is 7.19. The first-order valence-corrected chi connectivity index (χ1v) is 8.78. The van der Waals surface area contributed by atoms with E-state index >= 15 is 0 Å². The van der Waals surface area contributed by atoms with Gasteiger partial charge in [0, 0.05) is 38.9 Å². The van der Waals surface area contributed by atoms with Crippen LogP contribution in [0.4, 0.5) is 18.9 Å². The number of aliphatic hydroxyl groups is 3. The molecule has 2 aliphatic heterocycles. The molecule has 0 spiro atoms. The van der Waals surface area contributed by atoms with Gasteiger partial charge in [-0.3, -0.25) is 9.88 Å². The molecule has 3 atom stereocenters. The van der Waals surface area contributed by atoms with Crippen LogP contribution in [-0.2, 0) is 6.18 Å². The Hall–Kier alpha value is -1.42. The topological polar surface area (TPSA) is 80.1 Å². The number of alkyl halides is 3. The number of hydrogen-bond acceptors (Lipinski definition) is 6. The van der Waals surface area contributed by atoms with E-state index in [1.807, 2.05) is 4.90 Å². The van der Waals surface area contributed by atoms with Gasteiger partial charge in [-0.25, -0.2) is 0 Å². The maximum Gasteiger partial charge on any atom is 0.418 e. The molecule has 0 bridgehead atoms. The maximum absolute atomic E-state index is 13.3. The fourth-order valence-corrected chi connectivity index (χ4v) is 3.90. The van der Waals surface area contributed by atoms with Crippen molar-refractivity contribution in [2.24, 2.45) is 5.92 Å². The number of aliphatic hydroxyl groups excluding tert-OH is 3. The van der Waals surface area contributed by atoms with Crippen LogP contribution in [0.5, 0.6) is 0 Å². The molecular weight excluding hydrogens is 351 g/mol. The number of halogens is 3. The number of piperidine rings is 2. The highest BCUT2D eigenvalue weighted by atomic mass is 19.4. The summed E-state index contributed by atoms with van der Waals surface area (Å²) in [6, 6.07) is 0.998. The van der Waals surface area contributed by atoms with Crippen molar-refractivity contribution in [2.75, 3.05) is 37.6 Å². The predicted molar refractivity (Wildman–Crippen MR) is 88.6 cm³/mol. The quantitative estimate of drug-likeness (QED) is 0.722. The van der Waals surface area contributed by atoms with Crippen molar-refractivity contribution in [3.05, 3.63) is 24.0 Å². The van der Waals surface area contributed by atoms with E-state index in [-0.39, 0.29) is 24.7 Å². The van der Waals surface area contributed by atoms with Crippen LogP contribution in [0.3, 0.4) is 0 Å². The minimum absolute atomic E-state index is 0.0961. The second kappa shape index (κ2) is 7.67. The molecule has 3 rings (SSSR count). The average molecular weight is 375 g/mol. The van der Waals surface area contributed by atoms with Crippen LogP contribution in [0.2, 0.25) is 0 Å². The average Bonchev–Trinajstić information content (AvgIpc) is 2.59. The molecule has 26 heavy (non-hydrogen) atoms. The highest BCUT2D eigenvalue weighted by molar-refractivity contribution is 5.53. The third kappa shape index (κ3) is 4.28. The Kier molecular flexibility index (Phi) is 5.71. The van der Waals surface area contributed by atoms with Crippen LogP contribution in [0.25, 0.3) is 0 Å². The van der Waals surface area contributed by atoms with Gasteiger partial charge in [-0.15, -0.1) is 0 Å². The van der Waals surface area contributed by atoms with E-state index in [9.17, 15) is 28.5 Å². The van der Waals surface area contributed by atoms with Gasteiger partial charge in [0.2, 0.25) is 0 Å². The Morgan fingerprint density at radius 1 is 1.12 bits per heavy atom. The molecule has 9 heteroatoms. The molecule has 1 aromatic rings. The summed E-state index contributed by atoms with van der Waals surface area (Å²) in [7, 11) is 0. The van der Waals surface area contributed by atoms with Crippen LogP contribution >= 0.6 is 0 Å². The van der Waals surface area contributed by atoms with Crippen LogP contribution in [0.1, 0.15) is 18.4 Å². The van der Waals surface area contributed by atoms with E-state index in [0.29, 0.717) is 19.6 Å². The first-order chi connectivity index (χ1) is 12.3. The Balaban J connectivity index is 1.67. The fraction of sp³-hybridized carbons (Fsp3) is 0.706. The minimum atomic E-state index is -4.43. The summed E-state index contributed by atoms with van der Waals surface area (Å²) in [6.45, 7) is 2.04. The van der Waals surface area contributed by atoms with Gasteiger partial charge in [0.25, 0.3) is 0 Å². The van der Waals surface area contributed by atoms with Gasteiger partial charge in [-0.2, -0.15) is 13.2 Å². The number of rotatable bonds is 3. The summed E-state index contributed by atoms with van der Waals surface area (Å²) in [4.78, 5) is 7.44. The Morgan fingerprint density at radius 2 is 1.81 bits per heavy atom. The SMILES string of the molecule is OC1CN(C[C@@H]2CCCN(c3cnccc3C(F)(F)F)C2)CC(O)C1O. The molecule has 3 heterocycles. The van der Waals surface area contributed by atoms with Crippen molar-refractivity contribution in [3.63, 3.8) is 0 Å². The molecule has 0 amide bonds. The van der Waals surface area contributed by atoms with Gasteiger partial charge < -0.3 is 20.2 Å². The van der Waals surface area contributed by atoms with E-state index in [2.05, 4.69) is 4.98 Å². The van der Waals surface area contributed by atoms with E-state index < -0.39 is 30.1 Å². The van der Waals surface area contributed by atoms with Crippen LogP contribution in [0, 0.1) is 5.92 Å². The second-order valence-corrected chi connectivity index (χ2v) is 7.19. The number of pyridine rings is 1. The summed E-state index contributed by atoms with van der Waals surface area (Å²) < 4.78 is 39.8. The zero-order chi connectivity index (χ0) is 18.9. The van der Waals surface area contributed by atoms with Gasteiger partial charge >= 0.3 is 6.18 Å². The lowest BCUT2D eigenvalue weighted by molar-refractivity contribution is -0.137. The number of hydrogen-bond donors (Lipinski definition) is 3. The Morgan fingerprint density at radius 3 is 2.46 bits per heavy atom. The Labute approximate surface area is 149 Å². The number of aromatic nitrogens is 1. The minimum Gasteiger partial charge on any atom is -0.389 e. The van der Waals surface area contributed by atoms with Crippen molar-refractivity contribution in [1.29, 1.82) is 0 Å². The van der Waals surface area contributed by atoms with Crippen LogP contribution in [0.15, 0.2) is 18.5 Å². The fourth-order valence-electron chi connectivity index (χ4n) is 3.90. The standard InChI is InChI=1S/C17H24F3N3O3/c18-17(19,20)12-3-4-21-6-13(12)23-5-1-2-11(8-23)7-22-9-14(24)16(26)15(25)10-22/h3-4,6,11,14-16,24-26H,1-2,5,7-10H2/t11-,14?,15?,16?/m0/s1. The van der Waals surface area contributed by atoms with Gasteiger partial charge in [-0.05, 0) is 24.8 Å². The van der Waals surface area contributed by atoms with Gasteiger partial charge in [0.05, 0.1) is 29.7 Å². The molecule has 6 nitrogen and oxygen atoms in total. The molecular formula is C17H24F3N3O3. The van der Waals surface area contributed by atoms with Crippen LogP contribution < -0.4 is 4.90 Å². The highest BCUT2D eigenvalue weighted by Gasteiger charge is 2.37. The van der Waals surface area contributed by atoms with E-state index in [1.54, 1.807) is 4.90 Å². The number of anilines is 1. The molecule has 2 aliphatic rings. The smallest absolute Gasteiger partial charge is 0.389 e. The first kappa shape index (κ1) is 19.3. The van der Waals surface area contributed by atoms with Crippen molar-refractivity contribution >= 4 is 5.69 Å². The van der Waals surface area contributed by atoms with E-state index in [4.69, 9.17) is 0 Å². The molecule has 146 valence electrons. The van der Waals surface area contributed by atoms with E-state index in [0.717, 1.165) is 25.1 Å². The molecule has 0 radical (unpaired) electrons. The number of nitrogens with zero attached hydrogens (tertiary/aromatic N) is 3. The number of likely N-dealkylation sites (tertiary alicyclic amines) is 1. The van der Waals surface area contributed by atoms with Crippen LogP contribution in [-0.4, -0.2) is 76.2 Å². The zero-order valence-electron chi connectivity index (χ0n) is 14.3. The summed E-state index contributed by atoms with van der Waals surface area (Å²) in [5.74, 6) is 0.111. The van der Waals surface area contributed by atoms with Crippen molar-refractivity contribution in [3.8, 4) is 0 Å². The zero-order valence-corrected chi connectivity index (χ0v) is 14.3. The molecule has 2 unspecified atom stereocenters. The van der Waals surface area contributed by atoms with Gasteiger partial charge in [0.1, 0.15) is 6.10 Å². The summed E-state index contributed by atoms with van der Waals surface area (Å²) in [5, 5.41) is 29.2. The third-order valence-electron chi connectivity index (χ3n) is 5.16. The predicted octanol–water partition coefficient (Wildman–Crippen LogP) is 0.715. The molecule has 0 saturated carbocycles. The summed E-state index contributed by atoms with van der Waals surface area (Å²) >= 11 is 0. The van der Waals surface area contributed by atoms with Crippen molar-refractivity contribution in [1.82, 2.24) is 9.88 Å². The lowest BCUT2D eigenvalue weighted by atomic mass is 9.94.